The summed E-state index contributed by atoms with van der Waals surface area (Å²) in [5, 5.41) is 8.27. The highest BCUT2D eigenvalue weighted by molar-refractivity contribution is 7.09. The van der Waals surface area contributed by atoms with Crippen LogP contribution in [0.25, 0.3) is 10.6 Å². The van der Waals surface area contributed by atoms with Gasteiger partial charge in [-0.1, -0.05) is 15.7 Å². The first-order valence-corrected chi connectivity index (χ1v) is 9.29. The number of nitrogens with zero attached hydrogens (tertiary/aromatic N) is 4. The zero-order valence-electron chi connectivity index (χ0n) is 14.3. The van der Waals surface area contributed by atoms with Gasteiger partial charge in [-0.05, 0) is 62.1 Å². The Labute approximate surface area is 153 Å². The summed E-state index contributed by atoms with van der Waals surface area (Å²) in [6, 6.07) is 6.00. The summed E-state index contributed by atoms with van der Waals surface area (Å²) < 4.78 is 35.9. The van der Waals surface area contributed by atoms with Gasteiger partial charge in [0.25, 0.3) is 0 Å². The van der Waals surface area contributed by atoms with Crippen LogP contribution in [-0.4, -0.2) is 32.7 Å². The van der Waals surface area contributed by atoms with Gasteiger partial charge in [-0.25, -0.2) is 8.78 Å². The van der Waals surface area contributed by atoms with Gasteiger partial charge in [-0.2, -0.15) is 0 Å². The second kappa shape index (κ2) is 7.20. The molecule has 5 nitrogen and oxygen atoms in total. The lowest BCUT2D eigenvalue weighted by atomic mass is 9.92. The van der Waals surface area contributed by atoms with Gasteiger partial charge < -0.3 is 4.52 Å². The lowest BCUT2D eigenvalue weighted by molar-refractivity contribution is 0.203. The molecule has 26 heavy (non-hydrogen) atoms. The Balaban J connectivity index is 1.41. The Kier molecular flexibility index (Phi) is 4.78. The van der Waals surface area contributed by atoms with E-state index in [1.165, 1.54) is 23.7 Å². The van der Waals surface area contributed by atoms with Crippen molar-refractivity contribution in [2.24, 2.45) is 0 Å². The first-order chi connectivity index (χ1) is 12.6. The Hall–Kier alpha value is -2.19. The maximum absolute atomic E-state index is 13.4. The van der Waals surface area contributed by atoms with E-state index in [0.717, 1.165) is 53.5 Å². The highest BCUT2D eigenvalue weighted by Gasteiger charge is 2.27. The third-order valence-corrected chi connectivity index (χ3v) is 5.49. The quantitative estimate of drug-likeness (QED) is 0.684. The molecule has 1 aliphatic heterocycles. The fourth-order valence-corrected chi connectivity index (χ4v) is 4.06. The molecule has 0 saturated carbocycles. The molecule has 1 fully saturated rings. The molecule has 1 aliphatic rings. The van der Waals surface area contributed by atoms with E-state index < -0.39 is 11.6 Å². The number of hydrogen-bond acceptors (Lipinski definition) is 6. The summed E-state index contributed by atoms with van der Waals surface area (Å²) in [6.07, 6.45) is 1.88. The van der Waals surface area contributed by atoms with E-state index in [9.17, 15) is 8.78 Å². The van der Waals surface area contributed by atoms with Gasteiger partial charge in [0.05, 0.1) is 11.4 Å². The highest BCUT2D eigenvalue weighted by atomic mass is 32.1. The number of aromatic nitrogens is 3. The maximum Gasteiger partial charge on any atom is 0.180 e. The van der Waals surface area contributed by atoms with Crippen molar-refractivity contribution in [3.05, 3.63) is 52.9 Å². The van der Waals surface area contributed by atoms with E-state index in [1.54, 1.807) is 6.07 Å². The van der Waals surface area contributed by atoms with Crippen LogP contribution < -0.4 is 0 Å². The number of hydrogen-bond donors (Lipinski definition) is 0. The van der Waals surface area contributed by atoms with Crippen LogP contribution in [0, 0.1) is 18.6 Å². The number of piperidine rings is 1. The summed E-state index contributed by atoms with van der Waals surface area (Å²) in [4.78, 5) is 3.20. The molecule has 8 heteroatoms. The van der Waals surface area contributed by atoms with Gasteiger partial charge in [0.15, 0.2) is 17.4 Å². The average molecular weight is 376 g/mol. The third-order valence-electron chi connectivity index (χ3n) is 4.73. The SMILES string of the molecule is Cc1cc(-c2snnc2C2CCN(Cc3ccc(F)c(F)c3)CC2)on1. The smallest absolute Gasteiger partial charge is 0.180 e. The molecule has 0 N–H and O–H groups in total. The van der Waals surface area contributed by atoms with Crippen molar-refractivity contribution in [2.75, 3.05) is 13.1 Å². The van der Waals surface area contributed by atoms with Crippen molar-refractivity contribution < 1.29 is 13.3 Å². The Morgan fingerprint density at radius 3 is 2.69 bits per heavy atom. The first-order valence-electron chi connectivity index (χ1n) is 8.52. The number of rotatable bonds is 4. The van der Waals surface area contributed by atoms with Gasteiger partial charge in [-0.3, -0.25) is 4.90 Å². The van der Waals surface area contributed by atoms with Crippen LogP contribution in [0.2, 0.25) is 0 Å². The van der Waals surface area contributed by atoms with Crippen molar-refractivity contribution in [1.82, 2.24) is 19.6 Å². The van der Waals surface area contributed by atoms with Crippen LogP contribution in [0.1, 0.15) is 35.7 Å². The third kappa shape index (κ3) is 3.52. The van der Waals surface area contributed by atoms with E-state index in [-0.39, 0.29) is 0 Å². The molecule has 0 atom stereocenters. The lowest BCUT2D eigenvalue weighted by Gasteiger charge is -2.31. The Morgan fingerprint density at radius 2 is 2.00 bits per heavy atom. The fraction of sp³-hybridized carbons (Fsp3) is 0.389. The molecule has 2 aromatic heterocycles. The predicted octanol–water partition coefficient (Wildman–Crippen LogP) is 4.16. The molecule has 0 radical (unpaired) electrons. The van der Waals surface area contributed by atoms with Gasteiger partial charge in [0.1, 0.15) is 4.88 Å². The molecule has 3 aromatic rings. The van der Waals surface area contributed by atoms with E-state index in [1.807, 2.05) is 13.0 Å². The number of likely N-dealkylation sites (tertiary alicyclic amines) is 1. The Bertz CT molecular complexity index is 902. The molecule has 136 valence electrons. The summed E-state index contributed by atoms with van der Waals surface area (Å²) in [7, 11) is 0. The van der Waals surface area contributed by atoms with Crippen molar-refractivity contribution in [1.29, 1.82) is 0 Å². The van der Waals surface area contributed by atoms with Gasteiger partial charge in [0, 0.05) is 18.5 Å². The first kappa shape index (κ1) is 17.2. The molecule has 0 amide bonds. The van der Waals surface area contributed by atoms with Crippen LogP contribution in [0.4, 0.5) is 8.78 Å². The Morgan fingerprint density at radius 1 is 1.19 bits per heavy atom. The topological polar surface area (TPSA) is 55.1 Å². The van der Waals surface area contributed by atoms with Crippen LogP contribution in [0.5, 0.6) is 0 Å². The van der Waals surface area contributed by atoms with E-state index in [2.05, 4.69) is 19.6 Å². The van der Waals surface area contributed by atoms with Gasteiger partial charge in [0.2, 0.25) is 0 Å². The second-order valence-electron chi connectivity index (χ2n) is 6.62. The van der Waals surface area contributed by atoms with Crippen LogP contribution in [-0.2, 0) is 6.54 Å². The molecule has 3 heterocycles. The molecule has 0 bridgehead atoms. The van der Waals surface area contributed by atoms with Crippen LogP contribution in [0.15, 0.2) is 28.8 Å². The lowest BCUT2D eigenvalue weighted by Crippen LogP contribution is -2.32. The zero-order chi connectivity index (χ0) is 18.1. The van der Waals surface area contributed by atoms with Gasteiger partial charge >= 0.3 is 0 Å². The molecule has 1 saturated heterocycles. The summed E-state index contributed by atoms with van der Waals surface area (Å²) in [5.74, 6) is -0.566. The largest absolute Gasteiger partial charge is 0.355 e. The molecule has 1 aromatic carbocycles. The van der Waals surface area contributed by atoms with E-state index in [0.29, 0.717) is 12.5 Å². The number of aryl methyl sites for hydroxylation is 1. The fourth-order valence-electron chi connectivity index (χ4n) is 3.37. The predicted molar refractivity (Wildman–Crippen MR) is 93.8 cm³/mol. The van der Waals surface area contributed by atoms with E-state index in [4.69, 9.17) is 4.52 Å². The molecule has 0 aliphatic carbocycles. The molecular weight excluding hydrogens is 358 g/mol. The standard InChI is InChI=1S/C18H18F2N4OS/c1-11-8-16(25-22-11)18-17(21-23-26-18)13-4-6-24(7-5-13)10-12-2-3-14(19)15(20)9-12/h2-3,8-9,13H,4-7,10H2,1H3. The minimum Gasteiger partial charge on any atom is -0.355 e. The normalized spacial score (nSPS) is 16.3. The number of halogens is 2. The average Bonchev–Trinajstić information content (AvgIpc) is 3.27. The molecule has 0 spiro atoms. The van der Waals surface area contributed by atoms with Crippen molar-refractivity contribution in [3.63, 3.8) is 0 Å². The highest BCUT2D eigenvalue weighted by Crippen LogP contribution is 2.36. The molecule has 4 rings (SSSR count). The van der Waals surface area contributed by atoms with Crippen molar-refractivity contribution >= 4 is 11.5 Å². The summed E-state index contributed by atoms with van der Waals surface area (Å²) >= 11 is 1.33. The minimum absolute atomic E-state index is 0.315. The van der Waals surface area contributed by atoms with E-state index >= 15 is 0 Å². The maximum atomic E-state index is 13.4. The van der Waals surface area contributed by atoms with Crippen LogP contribution >= 0.6 is 11.5 Å². The summed E-state index contributed by atoms with van der Waals surface area (Å²) in [6.45, 7) is 4.25. The molecular formula is C18H18F2N4OS. The van der Waals surface area contributed by atoms with Crippen LogP contribution in [0.3, 0.4) is 0 Å². The van der Waals surface area contributed by atoms with Crippen molar-refractivity contribution in [2.45, 2.75) is 32.2 Å². The summed E-state index contributed by atoms with van der Waals surface area (Å²) in [5.41, 5.74) is 2.59. The van der Waals surface area contributed by atoms with Gasteiger partial charge in [-0.15, -0.1) is 5.10 Å². The van der Waals surface area contributed by atoms with Crippen molar-refractivity contribution in [3.8, 4) is 10.6 Å². The minimum atomic E-state index is -0.807. The number of benzene rings is 1. The second-order valence-corrected chi connectivity index (χ2v) is 7.37. The molecule has 0 unspecified atom stereocenters. The monoisotopic (exact) mass is 376 g/mol. The zero-order valence-corrected chi connectivity index (χ0v) is 15.1.